The SMILES string of the molecule is CC1Cc2ccccc2C1.CCCN. The molecule has 78 valence electrons. The molecule has 0 amide bonds. The van der Waals surface area contributed by atoms with E-state index in [1.807, 2.05) is 0 Å². The van der Waals surface area contributed by atoms with Gasteiger partial charge < -0.3 is 5.73 Å². The maximum absolute atomic E-state index is 5.03. The van der Waals surface area contributed by atoms with E-state index in [2.05, 4.69) is 38.1 Å². The van der Waals surface area contributed by atoms with Gasteiger partial charge in [0.25, 0.3) is 0 Å². The Hall–Kier alpha value is -0.820. The molecule has 0 fully saturated rings. The van der Waals surface area contributed by atoms with Crippen molar-refractivity contribution in [1.82, 2.24) is 0 Å². The van der Waals surface area contributed by atoms with Gasteiger partial charge in [-0.1, -0.05) is 38.1 Å². The van der Waals surface area contributed by atoms with Gasteiger partial charge in [0, 0.05) is 0 Å². The van der Waals surface area contributed by atoms with Crippen molar-refractivity contribution in [2.45, 2.75) is 33.1 Å². The molecule has 1 aromatic rings. The van der Waals surface area contributed by atoms with Gasteiger partial charge >= 0.3 is 0 Å². The van der Waals surface area contributed by atoms with Crippen LogP contribution in [-0.4, -0.2) is 6.54 Å². The van der Waals surface area contributed by atoms with Gasteiger partial charge in [-0.3, -0.25) is 0 Å². The zero-order chi connectivity index (χ0) is 10.4. The molecule has 0 aliphatic heterocycles. The molecule has 0 aromatic heterocycles. The fourth-order valence-corrected chi connectivity index (χ4v) is 1.78. The van der Waals surface area contributed by atoms with Crippen LogP contribution in [0.1, 0.15) is 31.4 Å². The molecule has 0 heterocycles. The Kier molecular flexibility index (Phi) is 4.68. The quantitative estimate of drug-likeness (QED) is 0.725. The summed E-state index contributed by atoms with van der Waals surface area (Å²) in [6.07, 6.45) is 3.67. The lowest BCUT2D eigenvalue weighted by Gasteiger charge is -1.93. The van der Waals surface area contributed by atoms with E-state index >= 15 is 0 Å². The van der Waals surface area contributed by atoms with E-state index in [9.17, 15) is 0 Å². The van der Waals surface area contributed by atoms with Crippen molar-refractivity contribution >= 4 is 0 Å². The molecule has 0 atom stereocenters. The number of nitrogens with two attached hydrogens (primary N) is 1. The van der Waals surface area contributed by atoms with Crippen molar-refractivity contribution in [1.29, 1.82) is 0 Å². The van der Waals surface area contributed by atoms with E-state index in [1.165, 1.54) is 12.8 Å². The second-order valence-corrected chi connectivity index (χ2v) is 4.07. The average Bonchev–Trinajstić information content (AvgIpc) is 2.58. The summed E-state index contributed by atoms with van der Waals surface area (Å²) in [4.78, 5) is 0. The zero-order valence-electron chi connectivity index (χ0n) is 9.29. The Morgan fingerprint density at radius 2 is 1.64 bits per heavy atom. The van der Waals surface area contributed by atoms with Crippen LogP contribution in [0.2, 0.25) is 0 Å². The minimum Gasteiger partial charge on any atom is -0.330 e. The van der Waals surface area contributed by atoms with Crippen LogP contribution in [0, 0.1) is 5.92 Å². The van der Waals surface area contributed by atoms with Crippen LogP contribution in [0.3, 0.4) is 0 Å². The molecule has 1 aliphatic carbocycles. The molecule has 0 radical (unpaired) electrons. The van der Waals surface area contributed by atoms with Crippen LogP contribution in [0.5, 0.6) is 0 Å². The second-order valence-electron chi connectivity index (χ2n) is 4.07. The van der Waals surface area contributed by atoms with Crippen LogP contribution in [0.25, 0.3) is 0 Å². The maximum atomic E-state index is 5.03. The molecule has 2 N–H and O–H groups in total. The molecule has 1 nitrogen and oxygen atoms in total. The Labute approximate surface area is 87.3 Å². The van der Waals surface area contributed by atoms with Crippen LogP contribution < -0.4 is 5.73 Å². The maximum Gasteiger partial charge on any atom is -0.00799 e. The van der Waals surface area contributed by atoms with Crippen molar-refractivity contribution in [3.63, 3.8) is 0 Å². The molecule has 0 saturated carbocycles. The standard InChI is InChI=1S/C10H12.C3H9N/c1-8-6-9-4-2-3-5-10(9)7-8;1-2-3-4/h2-5,8H,6-7H2,1H3;2-4H2,1H3. The largest absolute Gasteiger partial charge is 0.330 e. The van der Waals surface area contributed by atoms with Crippen LogP contribution >= 0.6 is 0 Å². The van der Waals surface area contributed by atoms with E-state index in [0.717, 1.165) is 18.9 Å². The lowest BCUT2D eigenvalue weighted by molar-refractivity contribution is 0.628. The summed E-state index contributed by atoms with van der Waals surface area (Å²) in [5, 5.41) is 0. The molecule has 0 spiro atoms. The topological polar surface area (TPSA) is 26.0 Å². The number of rotatable bonds is 1. The van der Waals surface area contributed by atoms with Crippen molar-refractivity contribution in [3.8, 4) is 0 Å². The molecule has 2 rings (SSSR count). The van der Waals surface area contributed by atoms with Gasteiger partial charge in [0.1, 0.15) is 0 Å². The summed E-state index contributed by atoms with van der Waals surface area (Å²) >= 11 is 0. The Balaban J connectivity index is 0.000000213. The highest BCUT2D eigenvalue weighted by atomic mass is 14.5. The Morgan fingerprint density at radius 1 is 1.21 bits per heavy atom. The third-order valence-corrected chi connectivity index (χ3v) is 2.54. The highest BCUT2D eigenvalue weighted by Crippen LogP contribution is 2.25. The smallest absolute Gasteiger partial charge is 0.00799 e. The molecule has 1 heteroatoms. The van der Waals surface area contributed by atoms with E-state index < -0.39 is 0 Å². The fourth-order valence-electron chi connectivity index (χ4n) is 1.78. The van der Waals surface area contributed by atoms with Gasteiger partial charge in [-0.05, 0) is 42.9 Å². The molecule has 0 unspecified atom stereocenters. The lowest BCUT2D eigenvalue weighted by atomic mass is 10.1. The summed E-state index contributed by atoms with van der Waals surface area (Å²) in [5.41, 5.74) is 8.16. The predicted octanol–water partition coefficient (Wildman–Crippen LogP) is 2.78. The molecular formula is C13H21N. The first kappa shape index (κ1) is 11.3. The third kappa shape index (κ3) is 3.15. The molecular weight excluding hydrogens is 170 g/mol. The van der Waals surface area contributed by atoms with Crippen LogP contribution in [0.4, 0.5) is 0 Å². The third-order valence-electron chi connectivity index (χ3n) is 2.54. The first-order chi connectivity index (χ1) is 6.77. The molecule has 0 bridgehead atoms. The summed E-state index contributed by atoms with van der Waals surface area (Å²) < 4.78 is 0. The summed E-state index contributed by atoms with van der Waals surface area (Å²) in [6, 6.07) is 8.77. The van der Waals surface area contributed by atoms with E-state index in [0.29, 0.717) is 0 Å². The van der Waals surface area contributed by atoms with Gasteiger partial charge in [-0.2, -0.15) is 0 Å². The highest BCUT2D eigenvalue weighted by Gasteiger charge is 2.15. The van der Waals surface area contributed by atoms with Gasteiger partial charge in [0.05, 0.1) is 0 Å². The van der Waals surface area contributed by atoms with E-state index in [-0.39, 0.29) is 0 Å². The number of fused-ring (bicyclic) bond motifs is 1. The molecule has 14 heavy (non-hydrogen) atoms. The van der Waals surface area contributed by atoms with E-state index in [1.54, 1.807) is 11.1 Å². The number of hydrogen-bond acceptors (Lipinski definition) is 1. The summed E-state index contributed by atoms with van der Waals surface area (Å²) in [6.45, 7) is 5.19. The van der Waals surface area contributed by atoms with Gasteiger partial charge in [0.15, 0.2) is 0 Å². The van der Waals surface area contributed by atoms with E-state index in [4.69, 9.17) is 5.73 Å². The van der Waals surface area contributed by atoms with Crippen LogP contribution in [0.15, 0.2) is 24.3 Å². The fraction of sp³-hybridized carbons (Fsp3) is 0.538. The summed E-state index contributed by atoms with van der Waals surface area (Å²) in [5.74, 6) is 0.873. The predicted molar refractivity (Wildman–Crippen MR) is 62.4 cm³/mol. The first-order valence-electron chi connectivity index (χ1n) is 5.54. The minimum atomic E-state index is 0.819. The second kappa shape index (κ2) is 5.82. The molecule has 1 aliphatic rings. The Bertz CT molecular complexity index is 241. The van der Waals surface area contributed by atoms with Gasteiger partial charge in [0.2, 0.25) is 0 Å². The van der Waals surface area contributed by atoms with Crippen molar-refractivity contribution in [2.24, 2.45) is 11.7 Å². The van der Waals surface area contributed by atoms with Gasteiger partial charge in [-0.25, -0.2) is 0 Å². The highest BCUT2D eigenvalue weighted by molar-refractivity contribution is 5.31. The van der Waals surface area contributed by atoms with Crippen molar-refractivity contribution in [2.75, 3.05) is 6.54 Å². The van der Waals surface area contributed by atoms with Crippen LogP contribution in [-0.2, 0) is 12.8 Å². The number of benzene rings is 1. The monoisotopic (exact) mass is 191 g/mol. The minimum absolute atomic E-state index is 0.819. The first-order valence-corrected chi connectivity index (χ1v) is 5.54. The lowest BCUT2D eigenvalue weighted by Crippen LogP contribution is -1.93. The number of hydrogen-bond donors (Lipinski definition) is 1. The molecule has 0 saturated heterocycles. The van der Waals surface area contributed by atoms with Crippen molar-refractivity contribution < 1.29 is 0 Å². The van der Waals surface area contributed by atoms with Crippen molar-refractivity contribution in [3.05, 3.63) is 35.4 Å². The van der Waals surface area contributed by atoms with Gasteiger partial charge in [-0.15, -0.1) is 0 Å². The average molecular weight is 191 g/mol. The summed E-state index contributed by atoms with van der Waals surface area (Å²) in [7, 11) is 0. The Morgan fingerprint density at radius 3 is 2.00 bits per heavy atom. The molecule has 1 aromatic carbocycles. The zero-order valence-corrected chi connectivity index (χ0v) is 9.29. The normalized spacial score (nSPS) is 14.5.